The van der Waals surface area contributed by atoms with Gasteiger partial charge in [-0.25, -0.2) is 9.97 Å². The lowest BCUT2D eigenvalue weighted by atomic mass is 10.2. The number of nitrogens with zero attached hydrogens (tertiary/aromatic N) is 4. The van der Waals surface area contributed by atoms with Crippen LogP contribution in [0.25, 0.3) is 0 Å². The molecule has 0 N–H and O–H groups in total. The third kappa shape index (κ3) is 2.86. The lowest BCUT2D eigenvalue weighted by molar-refractivity contribution is -0.132. The number of rotatable bonds is 5. The normalized spacial score (nSPS) is 30.8. The predicted octanol–water partition coefficient (Wildman–Crippen LogP) is 1.56. The van der Waals surface area contributed by atoms with E-state index in [0.717, 1.165) is 50.1 Å². The molecule has 0 radical (unpaired) electrons. The van der Waals surface area contributed by atoms with E-state index in [9.17, 15) is 4.79 Å². The van der Waals surface area contributed by atoms with Crippen molar-refractivity contribution in [2.45, 2.75) is 38.3 Å². The monoisotopic (exact) mass is 300 g/mol. The Morgan fingerprint density at radius 3 is 2.82 bits per heavy atom. The molecule has 1 amide bonds. The summed E-state index contributed by atoms with van der Waals surface area (Å²) in [5.41, 5.74) is 0. The second-order valence-corrected chi connectivity index (χ2v) is 7.15. The average molecular weight is 300 g/mol. The molecule has 22 heavy (non-hydrogen) atoms. The zero-order valence-corrected chi connectivity index (χ0v) is 13.2. The lowest BCUT2D eigenvalue weighted by Crippen LogP contribution is -2.37. The number of likely N-dealkylation sites (tertiary alicyclic amines) is 1. The molecule has 4 rings (SSSR count). The molecule has 1 aromatic rings. The topological polar surface area (TPSA) is 49.3 Å². The zero-order valence-electron chi connectivity index (χ0n) is 13.2. The van der Waals surface area contributed by atoms with Crippen LogP contribution in [0.15, 0.2) is 18.5 Å². The summed E-state index contributed by atoms with van der Waals surface area (Å²) in [7, 11) is 2.11. The minimum atomic E-state index is 0.356. The quantitative estimate of drug-likeness (QED) is 0.828. The van der Waals surface area contributed by atoms with Gasteiger partial charge in [-0.2, -0.15) is 0 Å². The fourth-order valence-electron chi connectivity index (χ4n) is 3.84. The smallest absolute Gasteiger partial charge is 0.226 e. The molecular formula is C17H24N4O. The molecule has 5 nitrogen and oxygen atoms in total. The largest absolute Gasteiger partial charge is 0.341 e. The summed E-state index contributed by atoms with van der Waals surface area (Å²) in [6, 6.07) is 2.27. The van der Waals surface area contributed by atoms with E-state index >= 15 is 0 Å². The van der Waals surface area contributed by atoms with Crippen LogP contribution in [0.2, 0.25) is 0 Å². The van der Waals surface area contributed by atoms with Crippen LogP contribution < -0.4 is 0 Å². The molecule has 2 heterocycles. The molecule has 2 aliphatic carbocycles. The molecule has 5 heteroatoms. The van der Waals surface area contributed by atoms with E-state index in [4.69, 9.17) is 0 Å². The number of likely N-dealkylation sites (N-methyl/N-ethyl adjacent to an activating group) is 1. The first kappa shape index (κ1) is 14.1. The summed E-state index contributed by atoms with van der Waals surface area (Å²) in [4.78, 5) is 25.5. The van der Waals surface area contributed by atoms with Gasteiger partial charge in [0.25, 0.3) is 0 Å². The summed E-state index contributed by atoms with van der Waals surface area (Å²) in [5, 5.41) is 0. The van der Waals surface area contributed by atoms with Crippen molar-refractivity contribution < 1.29 is 4.79 Å². The van der Waals surface area contributed by atoms with Gasteiger partial charge in [0.05, 0.1) is 6.54 Å². The van der Waals surface area contributed by atoms with Crippen molar-refractivity contribution in [2.24, 2.45) is 17.8 Å². The highest BCUT2D eigenvalue weighted by Gasteiger charge is 2.52. The van der Waals surface area contributed by atoms with Gasteiger partial charge < -0.3 is 4.90 Å². The number of hydrogen-bond acceptors (Lipinski definition) is 4. The van der Waals surface area contributed by atoms with Crippen LogP contribution in [0.3, 0.4) is 0 Å². The first-order valence-corrected chi connectivity index (χ1v) is 8.47. The van der Waals surface area contributed by atoms with Crippen molar-refractivity contribution >= 4 is 5.91 Å². The third-order valence-electron chi connectivity index (χ3n) is 5.49. The maximum absolute atomic E-state index is 12.6. The Morgan fingerprint density at radius 1 is 1.32 bits per heavy atom. The van der Waals surface area contributed by atoms with Crippen LogP contribution in [-0.4, -0.2) is 51.9 Å². The molecular weight excluding hydrogens is 276 g/mol. The number of aromatic nitrogens is 2. The number of amides is 1. The van der Waals surface area contributed by atoms with Gasteiger partial charge in [-0.1, -0.05) is 0 Å². The van der Waals surface area contributed by atoms with E-state index in [-0.39, 0.29) is 0 Å². The Labute approximate surface area is 131 Å². The van der Waals surface area contributed by atoms with E-state index < -0.39 is 0 Å². The lowest BCUT2D eigenvalue weighted by Gasteiger charge is -2.24. The van der Waals surface area contributed by atoms with Crippen LogP contribution in [0.1, 0.15) is 31.5 Å². The molecule has 0 bridgehead atoms. The standard InChI is InChI=1S/C17H24N4O/c1-20(11-16-18-6-2-7-19-16)13-5-8-21(10-13)17(22)15-9-14(15)12-3-4-12/h2,6-7,12-15H,3-5,8-11H2,1H3. The number of carbonyl (C=O) groups is 1. The molecule has 1 saturated heterocycles. The minimum absolute atomic E-state index is 0.356. The van der Waals surface area contributed by atoms with Gasteiger partial charge in [-0.15, -0.1) is 0 Å². The highest BCUT2D eigenvalue weighted by molar-refractivity contribution is 5.82. The SMILES string of the molecule is CN(Cc1ncccn1)C1CCN(C(=O)C2CC2C2CC2)C1. The summed E-state index contributed by atoms with van der Waals surface area (Å²) in [6.07, 6.45) is 8.50. The summed E-state index contributed by atoms with van der Waals surface area (Å²) >= 11 is 0. The maximum Gasteiger partial charge on any atom is 0.226 e. The van der Waals surface area contributed by atoms with Crippen molar-refractivity contribution in [3.05, 3.63) is 24.3 Å². The highest BCUT2D eigenvalue weighted by Crippen LogP contribution is 2.55. The fourth-order valence-corrected chi connectivity index (χ4v) is 3.84. The van der Waals surface area contributed by atoms with Crippen LogP contribution in [0.4, 0.5) is 0 Å². The molecule has 3 atom stereocenters. The zero-order chi connectivity index (χ0) is 15.1. The first-order chi connectivity index (χ1) is 10.7. The first-order valence-electron chi connectivity index (χ1n) is 8.47. The minimum Gasteiger partial charge on any atom is -0.341 e. The fraction of sp³-hybridized carbons (Fsp3) is 0.706. The molecule has 1 aromatic heterocycles. The van der Waals surface area contributed by atoms with E-state index in [1.54, 1.807) is 12.4 Å². The average Bonchev–Trinajstić information content (AvgIpc) is 3.43. The Kier molecular flexibility index (Phi) is 3.60. The number of carbonyl (C=O) groups excluding carboxylic acids is 1. The van der Waals surface area contributed by atoms with Gasteiger partial charge in [0.2, 0.25) is 5.91 Å². The van der Waals surface area contributed by atoms with E-state index in [0.29, 0.717) is 17.9 Å². The van der Waals surface area contributed by atoms with Crippen LogP contribution in [0.5, 0.6) is 0 Å². The maximum atomic E-state index is 12.6. The van der Waals surface area contributed by atoms with Crippen LogP contribution >= 0.6 is 0 Å². The van der Waals surface area contributed by atoms with E-state index in [2.05, 4.69) is 26.8 Å². The van der Waals surface area contributed by atoms with Gasteiger partial charge in [-0.3, -0.25) is 9.69 Å². The molecule has 3 aliphatic rings. The van der Waals surface area contributed by atoms with Gasteiger partial charge in [0.15, 0.2) is 0 Å². The molecule has 118 valence electrons. The molecule has 0 spiro atoms. The van der Waals surface area contributed by atoms with Crippen molar-refractivity contribution in [1.29, 1.82) is 0 Å². The molecule has 2 saturated carbocycles. The second kappa shape index (κ2) is 5.61. The Hall–Kier alpha value is -1.49. The second-order valence-electron chi connectivity index (χ2n) is 7.15. The Morgan fingerprint density at radius 2 is 2.09 bits per heavy atom. The van der Waals surface area contributed by atoms with Crippen molar-refractivity contribution in [3.63, 3.8) is 0 Å². The highest BCUT2D eigenvalue weighted by atomic mass is 16.2. The summed E-state index contributed by atoms with van der Waals surface area (Å²) < 4.78 is 0. The van der Waals surface area contributed by atoms with Crippen LogP contribution in [0, 0.1) is 17.8 Å². The predicted molar refractivity (Wildman–Crippen MR) is 82.8 cm³/mol. The number of hydrogen-bond donors (Lipinski definition) is 0. The molecule has 3 unspecified atom stereocenters. The van der Waals surface area contributed by atoms with Gasteiger partial charge in [-0.05, 0) is 50.6 Å². The van der Waals surface area contributed by atoms with Crippen LogP contribution in [-0.2, 0) is 11.3 Å². The molecule has 1 aliphatic heterocycles. The summed E-state index contributed by atoms with van der Waals surface area (Å²) in [5.74, 6) is 3.23. The van der Waals surface area contributed by atoms with Crippen molar-refractivity contribution in [3.8, 4) is 0 Å². The van der Waals surface area contributed by atoms with Crippen molar-refractivity contribution in [1.82, 2.24) is 19.8 Å². The van der Waals surface area contributed by atoms with Gasteiger partial charge in [0.1, 0.15) is 5.82 Å². The molecule has 3 fully saturated rings. The Balaban J connectivity index is 1.29. The van der Waals surface area contributed by atoms with E-state index in [1.165, 1.54) is 12.8 Å². The Bertz CT molecular complexity index is 545. The third-order valence-corrected chi connectivity index (χ3v) is 5.49. The van der Waals surface area contributed by atoms with Gasteiger partial charge in [0, 0.05) is 37.4 Å². The van der Waals surface area contributed by atoms with Gasteiger partial charge >= 0.3 is 0 Å². The van der Waals surface area contributed by atoms with E-state index in [1.807, 2.05) is 6.07 Å². The molecule has 0 aromatic carbocycles. The summed E-state index contributed by atoms with van der Waals surface area (Å²) in [6.45, 7) is 2.54. The van der Waals surface area contributed by atoms with Crippen molar-refractivity contribution in [2.75, 3.05) is 20.1 Å².